The largest absolute Gasteiger partial charge is 0.309 e. The van der Waals surface area contributed by atoms with Crippen molar-refractivity contribution < 1.29 is 0 Å². The number of rotatable bonds is 7. The van der Waals surface area contributed by atoms with Crippen LogP contribution in [-0.4, -0.2) is 0 Å². The Bertz CT molecular complexity index is 3730. The Kier molecular flexibility index (Phi) is 8.69. The van der Waals surface area contributed by atoms with E-state index in [1.54, 1.807) is 0 Å². The highest BCUT2D eigenvalue weighted by Gasteiger charge is 2.46. The Labute approximate surface area is 382 Å². The van der Waals surface area contributed by atoms with E-state index in [2.05, 4.69) is 254 Å². The lowest BCUT2D eigenvalue weighted by molar-refractivity contribution is 0.768. The Balaban J connectivity index is 1.01. The second kappa shape index (κ2) is 15.1. The summed E-state index contributed by atoms with van der Waals surface area (Å²) in [5.74, 6) is 0. The molecule has 65 heavy (non-hydrogen) atoms. The van der Waals surface area contributed by atoms with Crippen molar-refractivity contribution in [2.24, 2.45) is 0 Å². The summed E-state index contributed by atoms with van der Waals surface area (Å²) in [4.78, 5) is 2.49. The van der Waals surface area contributed by atoms with Gasteiger partial charge in [-0.1, -0.05) is 212 Å². The van der Waals surface area contributed by atoms with Crippen molar-refractivity contribution in [3.8, 4) is 33.4 Å². The normalized spacial score (nSPS) is 12.7. The average Bonchev–Trinajstić information content (AvgIpc) is 3.91. The van der Waals surface area contributed by atoms with Crippen molar-refractivity contribution in [1.82, 2.24) is 0 Å². The first kappa shape index (κ1) is 37.5. The van der Waals surface area contributed by atoms with Crippen molar-refractivity contribution in [3.05, 3.63) is 271 Å². The van der Waals surface area contributed by atoms with Gasteiger partial charge < -0.3 is 4.90 Å². The van der Waals surface area contributed by atoms with Crippen LogP contribution in [0, 0.1) is 0 Å². The molecule has 0 spiro atoms. The predicted octanol–water partition coefficient (Wildman–Crippen LogP) is 17.5. The minimum atomic E-state index is -0.511. The van der Waals surface area contributed by atoms with Gasteiger partial charge in [-0.2, -0.15) is 0 Å². The molecule has 0 fully saturated rings. The molecular formula is C63H41NS. The molecule has 0 unspecified atom stereocenters. The zero-order valence-electron chi connectivity index (χ0n) is 35.5. The molecule has 1 heterocycles. The lowest BCUT2D eigenvalue weighted by Crippen LogP contribution is -2.28. The lowest BCUT2D eigenvalue weighted by Gasteiger charge is -2.35. The van der Waals surface area contributed by atoms with E-state index in [0.29, 0.717) is 0 Å². The number of thiophene rings is 1. The van der Waals surface area contributed by atoms with Crippen LogP contribution in [0.3, 0.4) is 0 Å². The van der Waals surface area contributed by atoms with Crippen molar-refractivity contribution in [2.45, 2.75) is 5.41 Å². The summed E-state index contributed by atoms with van der Waals surface area (Å²) in [7, 11) is 0. The van der Waals surface area contributed by atoms with Crippen LogP contribution in [0.1, 0.15) is 22.3 Å². The van der Waals surface area contributed by atoms with E-state index in [1.807, 2.05) is 11.3 Å². The molecule has 0 aliphatic heterocycles. The lowest BCUT2D eigenvalue weighted by atomic mass is 9.67. The first-order chi connectivity index (χ1) is 32.3. The number of nitrogens with zero attached hydrogens (tertiary/aromatic N) is 1. The van der Waals surface area contributed by atoms with E-state index in [0.717, 1.165) is 11.4 Å². The first-order valence-corrected chi connectivity index (χ1v) is 23.2. The SMILES string of the molecule is c1ccc(C2(c3ccccc3)c3ccccc3-c3ccc(N(c4ccc(-c5cccc6c(-c7cccc8ccccc78)cccc56)cc4)c4cccc5c4sc4ccccc45)cc32)cc1. The van der Waals surface area contributed by atoms with Gasteiger partial charge in [-0.15, -0.1) is 11.3 Å². The minimum Gasteiger partial charge on any atom is -0.309 e. The van der Waals surface area contributed by atoms with Crippen molar-refractivity contribution >= 4 is 70.1 Å². The van der Waals surface area contributed by atoms with Crippen LogP contribution in [0.2, 0.25) is 0 Å². The highest BCUT2D eigenvalue weighted by Crippen LogP contribution is 2.57. The smallest absolute Gasteiger partial charge is 0.0714 e. The third kappa shape index (κ3) is 5.78. The van der Waals surface area contributed by atoms with Gasteiger partial charge in [-0.05, 0) is 114 Å². The summed E-state index contributed by atoms with van der Waals surface area (Å²) in [5, 5.41) is 7.59. The van der Waals surface area contributed by atoms with E-state index < -0.39 is 5.41 Å². The second-order valence-electron chi connectivity index (χ2n) is 17.1. The molecule has 1 aliphatic rings. The molecular weight excluding hydrogens is 803 g/mol. The Morgan fingerprint density at radius 3 is 1.63 bits per heavy atom. The fraction of sp³-hybridized carbons (Fsp3) is 0.0159. The molecule has 0 amide bonds. The van der Waals surface area contributed by atoms with Gasteiger partial charge >= 0.3 is 0 Å². The summed E-state index contributed by atoms with van der Waals surface area (Å²) in [6.45, 7) is 0. The summed E-state index contributed by atoms with van der Waals surface area (Å²) in [5.41, 5.74) is 15.5. The number of fused-ring (bicyclic) bond motifs is 8. The van der Waals surface area contributed by atoms with Gasteiger partial charge in [-0.25, -0.2) is 0 Å². The molecule has 2 heteroatoms. The number of hydrogen-bond donors (Lipinski definition) is 0. The van der Waals surface area contributed by atoms with E-state index in [-0.39, 0.29) is 0 Å². The van der Waals surface area contributed by atoms with Crippen LogP contribution in [0.15, 0.2) is 249 Å². The van der Waals surface area contributed by atoms with Crippen LogP contribution in [0.25, 0.3) is 75.1 Å². The van der Waals surface area contributed by atoms with Crippen LogP contribution in [0.4, 0.5) is 17.1 Å². The molecule has 1 aromatic heterocycles. The standard InChI is InChI=1S/C63H41NS/c1-3-19-44(20-4-1)63(45-21-5-2-6-22-45)58-32-11-9-24-54(58)55-40-39-47(41-59(55)63)64(60-33-16-31-57-56-25-10-12-34-61(56)65-62(57)60)46-37-35-43(36-38-46)49-26-14-29-52-51(49)28-15-30-53(52)50-27-13-18-42-17-7-8-23-48(42)50/h1-41H. The number of anilines is 3. The van der Waals surface area contributed by atoms with Gasteiger partial charge in [0, 0.05) is 26.8 Å². The fourth-order valence-corrected chi connectivity index (χ4v) is 12.2. The third-order valence-corrected chi connectivity index (χ3v) is 15.0. The predicted molar refractivity (Wildman–Crippen MR) is 277 cm³/mol. The summed E-state index contributed by atoms with van der Waals surface area (Å²) >= 11 is 1.87. The maximum absolute atomic E-state index is 2.49. The molecule has 304 valence electrons. The molecule has 0 saturated carbocycles. The molecule has 0 bridgehead atoms. The molecule has 0 saturated heterocycles. The van der Waals surface area contributed by atoms with Gasteiger partial charge in [0.2, 0.25) is 0 Å². The van der Waals surface area contributed by atoms with Crippen molar-refractivity contribution in [3.63, 3.8) is 0 Å². The van der Waals surface area contributed by atoms with E-state index in [4.69, 9.17) is 0 Å². The van der Waals surface area contributed by atoms with E-state index >= 15 is 0 Å². The highest BCUT2D eigenvalue weighted by atomic mass is 32.1. The number of benzene rings is 11. The zero-order chi connectivity index (χ0) is 42.9. The molecule has 1 nitrogen and oxygen atoms in total. The molecule has 12 aromatic rings. The van der Waals surface area contributed by atoms with Crippen LogP contribution < -0.4 is 4.90 Å². The first-order valence-electron chi connectivity index (χ1n) is 22.4. The zero-order valence-corrected chi connectivity index (χ0v) is 36.3. The van der Waals surface area contributed by atoms with Gasteiger partial charge in [0.1, 0.15) is 0 Å². The quantitative estimate of drug-likeness (QED) is 0.154. The van der Waals surface area contributed by atoms with Crippen molar-refractivity contribution in [2.75, 3.05) is 4.90 Å². The highest BCUT2D eigenvalue weighted by molar-refractivity contribution is 7.26. The van der Waals surface area contributed by atoms with Crippen LogP contribution in [0.5, 0.6) is 0 Å². The maximum Gasteiger partial charge on any atom is 0.0714 e. The summed E-state index contributed by atoms with van der Waals surface area (Å²) in [6, 6.07) is 92.1. The third-order valence-electron chi connectivity index (χ3n) is 13.8. The van der Waals surface area contributed by atoms with Crippen LogP contribution >= 0.6 is 11.3 Å². The van der Waals surface area contributed by atoms with E-state index in [9.17, 15) is 0 Å². The number of hydrogen-bond acceptors (Lipinski definition) is 2. The topological polar surface area (TPSA) is 3.24 Å². The summed E-state index contributed by atoms with van der Waals surface area (Å²) < 4.78 is 2.56. The Morgan fingerprint density at radius 1 is 0.323 bits per heavy atom. The Hall–Kier alpha value is -8.04. The van der Waals surface area contributed by atoms with Gasteiger partial charge in [-0.3, -0.25) is 0 Å². The Morgan fingerprint density at radius 2 is 0.846 bits per heavy atom. The van der Waals surface area contributed by atoms with Gasteiger partial charge in [0.25, 0.3) is 0 Å². The van der Waals surface area contributed by atoms with Crippen LogP contribution in [-0.2, 0) is 5.41 Å². The molecule has 11 aromatic carbocycles. The molecule has 0 radical (unpaired) electrons. The molecule has 1 aliphatic carbocycles. The van der Waals surface area contributed by atoms with Gasteiger partial charge in [0.05, 0.1) is 15.8 Å². The average molecular weight is 844 g/mol. The maximum atomic E-state index is 2.49. The molecule has 0 N–H and O–H groups in total. The van der Waals surface area contributed by atoms with Gasteiger partial charge in [0.15, 0.2) is 0 Å². The second-order valence-corrected chi connectivity index (χ2v) is 18.2. The molecule has 0 atom stereocenters. The summed E-state index contributed by atoms with van der Waals surface area (Å²) in [6.07, 6.45) is 0. The van der Waals surface area contributed by atoms with Crippen molar-refractivity contribution in [1.29, 1.82) is 0 Å². The minimum absolute atomic E-state index is 0.511. The molecule has 13 rings (SSSR count). The fourth-order valence-electron chi connectivity index (χ4n) is 11.0. The van der Waals surface area contributed by atoms with E-state index in [1.165, 1.54) is 103 Å². The monoisotopic (exact) mass is 843 g/mol.